The predicted molar refractivity (Wildman–Crippen MR) is 72.5 cm³/mol. The summed E-state index contributed by atoms with van der Waals surface area (Å²) in [4.78, 5) is 4.37. The van der Waals surface area contributed by atoms with E-state index in [1.165, 1.54) is 0 Å². The third-order valence-electron chi connectivity index (χ3n) is 2.82. The highest BCUT2D eigenvalue weighted by Crippen LogP contribution is 2.23. The molecule has 0 saturated carbocycles. The molecule has 110 valence electrons. The minimum atomic E-state index is -4.05. The summed E-state index contributed by atoms with van der Waals surface area (Å²) in [7, 11) is 0. The molecule has 0 bridgehead atoms. The van der Waals surface area contributed by atoms with Crippen LogP contribution in [0.15, 0.2) is 5.38 Å². The van der Waals surface area contributed by atoms with Gasteiger partial charge >= 0.3 is 6.18 Å². The number of thiazole rings is 1. The number of halogens is 3. The molecule has 1 aromatic rings. The van der Waals surface area contributed by atoms with E-state index in [4.69, 9.17) is 0 Å². The number of nitrogens with zero attached hydrogens (tertiary/aromatic N) is 1. The van der Waals surface area contributed by atoms with Gasteiger partial charge in [0.05, 0.1) is 10.7 Å². The van der Waals surface area contributed by atoms with E-state index in [1.807, 2.05) is 19.2 Å². The van der Waals surface area contributed by atoms with E-state index < -0.39 is 12.6 Å². The highest BCUT2D eigenvalue weighted by Gasteiger charge is 2.26. The van der Waals surface area contributed by atoms with Crippen molar-refractivity contribution < 1.29 is 13.2 Å². The van der Waals surface area contributed by atoms with Crippen molar-refractivity contribution in [1.29, 1.82) is 0 Å². The van der Waals surface area contributed by atoms with E-state index in [0.29, 0.717) is 12.8 Å². The van der Waals surface area contributed by atoms with Crippen LogP contribution >= 0.6 is 11.3 Å². The summed E-state index contributed by atoms with van der Waals surface area (Å²) < 4.78 is 36.5. The van der Waals surface area contributed by atoms with Gasteiger partial charge in [-0.2, -0.15) is 13.2 Å². The first-order valence-corrected chi connectivity index (χ1v) is 7.50. The summed E-state index contributed by atoms with van der Waals surface area (Å²) in [5.41, 5.74) is 0.975. The second-order valence-corrected chi connectivity index (χ2v) is 5.78. The fourth-order valence-electron chi connectivity index (χ4n) is 1.93. The number of aryl methyl sites for hydroxylation is 1. The van der Waals surface area contributed by atoms with Crippen LogP contribution in [0.2, 0.25) is 0 Å². The largest absolute Gasteiger partial charge is 0.389 e. The summed E-state index contributed by atoms with van der Waals surface area (Å²) in [5, 5.41) is 6.30. The van der Waals surface area contributed by atoms with E-state index in [2.05, 4.69) is 10.3 Å². The topological polar surface area (TPSA) is 24.9 Å². The Morgan fingerprint density at radius 1 is 1.42 bits per heavy atom. The molecule has 0 radical (unpaired) electrons. The van der Waals surface area contributed by atoms with E-state index in [1.54, 1.807) is 11.3 Å². The van der Waals surface area contributed by atoms with Gasteiger partial charge in [0, 0.05) is 24.3 Å². The van der Waals surface area contributed by atoms with Gasteiger partial charge in [-0.1, -0.05) is 6.92 Å². The van der Waals surface area contributed by atoms with E-state index >= 15 is 0 Å². The van der Waals surface area contributed by atoms with Crippen molar-refractivity contribution in [3.63, 3.8) is 0 Å². The van der Waals surface area contributed by atoms with Crippen molar-refractivity contribution in [2.75, 3.05) is 6.54 Å². The molecule has 0 aliphatic rings. The molecule has 1 rings (SSSR count). The molecular weight excluding hydrogens is 273 g/mol. The standard InChI is InChI=1S/C13H21F3N2S/c1-3-7-17-11(5-4-6-13(14,15)16)8-12-9-19-10(2)18-12/h9,11,17H,3-8H2,1-2H3. The molecule has 0 aliphatic heterocycles. The number of rotatable bonds is 8. The minimum Gasteiger partial charge on any atom is -0.314 e. The van der Waals surface area contributed by atoms with Crippen LogP contribution in [0.1, 0.15) is 43.3 Å². The summed E-state index contributed by atoms with van der Waals surface area (Å²) in [6, 6.07) is 0.0869. The van der Waals surface area contributed by atoms with Gasteiger partial charge in [-0.3, -0.25) is 0 Å². The van der Waals surface area contributed by atoms with Gasteiger partial charge in [0.2, 0.25) is 0 Å². The van der Waals surface area contributed by atoms with Crippen LogP contribution in [0.25, 0.3) is 0 Å². The molecule has 1 N–H and O–H groups in total. The van der Waals surface area contributed by atoms with Crippen molar-refractivity contribution >= 4 is 11.3 Å². The maximum absolute atomic E-state index is 12.2. The van der Waals surface area contributed by atoms with Crippen molar-refractivity contribution in [2.24, 2.45) is 0 Å². The van der Waals surface area contributed by atoms with Crippen LogP contribution < -0.4 is 5.32 Å². The van der Waals surface area contributed by atoms with Crippen molar-refractivity contribution in [1.82, 2.24) is 10.3 Å². The number of nitrogens with one attached hydrogen (secondary N) is 1. The zero-order valence-corrected chi connectivity index (χ0v) is 12.2. The molecule has 0 amide bonds. The fourth-order valence-corrected chi connectivity index (χ4v) is 2.55. The van der Waals surface area contributed by atoms with Crippen LogP contribution in [0, 0.1) is 6.92 Å². The van der Waals surface area contributed by atoms with Crippen LogP contribution in [0.5, 0.6) is 0 Å². The van der Waals surface area contributed by atoms with Gasteiger partial charge in [0.1, 0.15) is 0 Å². The average molecular weight is 294 g/mol. The molecule has 0 aliphatic carbocycles. The normalized spacial score (nSPS) is 13.7. The van der Waals surface area contributed by atoms with E-state index in [-0.39, 0.29) is 12.5 Å². The molecule has 0 aromatic carbocycles. The third-order valence-corrected chi connectivity index (χ3v) is 3.64. The Labute approximate surface area is 116 Å². The first kappa shape index (κ1) is 16.4. The number of alkyl halides is 3. The molecule has 1 atom stereocenters. The molecule has 0 fully saturated rings. The Kier molecular flexibility index (Phi) is 6.79. The molecule has 2 nitrogen and oxygen atoms in total. The Morgan fingerprint density at radius 3 is 2.68 bits per heavy atom. The molecule has 0 saturated heterocycles. The Morgan fingerprint density at radius 2 is 2.16 bits per heavy atom. The zero-order valence-electron chi connectivity index (χ0n) is 11.4. The first-order valence-electron chi connectivity index (χ1n) is 6.62. The van der Waals surface area contributed by atoms with Crippen LogP contribution in [0.4, 0.5) is 13.2 Å². The van der Waals surface area contributed by atoms with Crippen LogP contribution in [-0.4, -0.2) is 23.7 Å². The van der Waals surface area contributed by atoms with Gasteiger partial charge in [-0.15, -0.1) is 11.3 Å². The monoisotopic (exact) mass is 294 g/mol. The molecule has 1 heterocycles. The Hall–Kier alpha value is -0.620. The fraction of sp³-hybridized carbons (Fsp3) is 0.769. The third kappa shape index (κ3) is 7.52. The summed E-state index contributed by atoms with van der Waals surface area (Å²) in [5.74, 6) is 0. The van der Waals surface area contributed by atoms with E-state index in [0.717, 1.165) is 23.7 Å². The smallest absolute Gasteiger partial charge is 0.314 e. The molecule has 6 heteroatoms. The minimum absolute atomic E-state index is 0.0869. The SMILES string of the molecule is CCCNC(CCCC(F)(F)F)Cc1csc(C)n1. The highest BCUT2D eigenvalue weighted by atomic mass is 32.1. The van der Waals surface area contributed by atoms with Crippen LogP contribution in [-0.2, 0) is 6.42 Å². The summed E-state index contributed by atoms with van der Waals surface area (Å²) in [6.07, 6.45) is -2.35. The van der Waals surface area contributed by atoms with Crippen LogP contribution in [0.3, 0.4) is 0 Å². The summed E-state index contributed by atoms with van der Waals surface area (Å²) in [6.45, 7) is 4.82. The lowest BCUT2D eigenvalue weighted by atomic mass is 10.0. The number of hydrogen-bond donors (Lipinski definition) is 1. The Bertz CT molecular complexity index is 363. The lowest BCUT2D eigenvalue weighted by molar-refractivity contribution is -0.135. The van der Waals surface area contributed by atoms with Gasteiger partial charge in [0.25, 0.3) is 0 Å². The number of hydrogen-bond acceptors (Lipinski definition) is 3. The van der Waals surface area contributed by atoms with Gasteiger partial charge in [-0.25, -0.2) is 4.98 Å². The zero-order chi connectivity index (χ0) is 14.3. The molecule has 1 aromatic heterocycles. The molecule has 19 heavy (non-hydrogen) atoms. The second-order valence-electron chi connectivity index (χ2n) is 4.72. The van der Waals surface area contributed by atoms with Crippen molar-refractivity contribution in [3.05, 3.63) is 16.1 Å². The lowest BCUT2D eigenvalue weighted by Crippen LogP contribution is -2.32. The highest BCUT2D eigenvalue weighted by molar-refractivity contribution is 7.09. The molecular formula is C13H21F3N2S. The van der Waals surface area contributed by atoms with Gasteiger partial charge in [-0.05, 0) is 32.7 Å². The van der Waals surface area contributed by atoms with Gasteiger partial charge < -0.3 is 5.32 Å². The van der Waals surface area contributed by atoms with Crippen molar-refractivity contribution in [3.8, 4) is 0 Å². The quantitative estimate of drug-likeness (QED) is 0.781. The van der Waals surface area contributed by atoms with E-state index in [9.17, 15) is 13.2 Å². The number of aromatic nitrogens is 1. The predicted octanol–water partition coefficient (Wildman–Crippen LogP) is 4.09. The molecule has 1 unspecified atom stereocenters. The second kappa shape index (κ2) is 7.85. The lowest BCUT2D eigenvalue weighted by Gasteiger charge is -2.18. The maximum Gasteiger partial charge on any atom is 0.389 e. The van der Waals surface area contributed by atoms with Crippen molar-refractivity contribution in [2.45, 2.75) is 58.2 Å². The molecule has 0 spiro atoms. The maximum atomic E-state index is 12.2. The Balaban J connectivity index is 2.42. The first-order chi connectivity index (χ1) is 8.90. The average Bonchev–Trinajstić information content (AvgIpc) is 2.70. The van der Waals surface area contributed by atoms with Gasteiger partial charge in [0.15, 0.2) is 0 Å². The summed E-state index contributed by atoms with van der Waals surface area (Å²) >= 11 is 1.58.